The Kier molecular flexibility index (Phi) is 5.24. The topological polar surface area (TPSA) is 63.7 Å². The fraction of sp³-hybridized carbons (Fsp3) is 0.476. The molecule has 0 N–H and O–H groups in total. The highest BCUT2D eigenvalue weighted by Crippen LogP contribution is 2.52. The minimum absolute atomic E-state index is 0.0343. The van der Waals surface area contributed by atoms with Gasteiger partial charge in [0.2, 0.25) is 0 Å². The summed E-state index contributed by atoms with van der Waals surface area (Å²) in [6.45, 7) is 11.6. The maximum atomic E-state index is 16.7. The minimum Gasteiger partial charge on any atom is -0.325 e. The molecule has 1 fully saturated rings. The smallest absolute Gasteiger partial charge is 0.325 e. The Balaban J connectivity index is 2.07. The molecule has 2 heterocycles. The average Bonchev–Trinajstić information content (AvgIpc) is 3.17. The second kappa shape index (κ2) is 7.02. The Morgan fingerprint density at radius 3 is 2.14 bits per heavy atom. The van der Waals surface area contributed by atoms with Gasteiger partial charge in [-0.05, 0) is 27.6 Å². The largest absolute Gasteiger partial charge is 0.365 e. The first-order valence-corrected chi connectivity index (χ1v) is 12.3. The number of benzene rings is 1. The molecule has 0 bridgehead atoms. The van der Waals surface area contributed by atoms with Crippen molar-refractivity contribution in [2.75, 3.05) is 0 Å². The first-order valence-electron chi connectivity index (χ1n) is 9.57. The van der Waals surface area contributed by atoms with Gasteiger partial charge in [-0.25, -0.2) is 4.79 Å². The number of hydrogen-bond acceptors (Lipinski definition) is 5. The van der Waals surface area contributed by atoms with Gasteiger partial charge < -0.3 is 8.95 Å². The molecular weight excluding hydrogens is 409 g/mol. The number of carbonyl (C=O) groups excluding carboxylic acids is 3. The lowest BCUT2D eigenvalue weighted by molar-refractivity contribution is -0.172. The number of amides is 2. The zero-order valence-corrected chi connectivity index (χ0v) is 19.4. The van der Waals surface area contributed by atoms with Crippen LogP contribution >= 0.6 is 11.3 Å². The highest BCUT2D eigenvalue weighted by molar-refractivity contribution is 7.31. The van der Waals surface area contributed by atoms with Gasteiger partial charge in [0.25, 0.3) is 20.2 Å². The molecule has 29 heavy (non-hydrogen) atoms. The number of carbonyl (C=O) groups is 3. The first-order chi connectivity index (χ1) is 13.3. The normalized spacial score (nSPS) is 16.0. The van der Waals surface area contributed by atoms with Crippen LogP contribution in [0.15, 0.2) is 24.3 Å². The van der Waals surface area contributed by atoms with E-state index >= 15 is 4.11 Å². The van der Waals surface area contributed by atoms with Gasteiger partial charge in [-0.2, -0.15) is 0 Å². The van der Waals surface area contributed by atoms with E-state index < -0.39 is 36.3 Å². The van der Waals surface area contributed by atoms with Crippen molar-refractivity contribution in [3.8, 4) is 0 Å². The second-order valence-electron chi connectivity index (χ2n) is 9.45. The van der Waals surface area contributed by atoms with Gasteiger partial charge in [0.05, 0.1) is 5.56 Å². The van der Waals surface area contributed by atoms with E-state index in [0.29, 0.717) is 14.3 Å². The highest BCUT2D eigenvalue weighted by Gasteiger charge is 2.57. The monoisotopic (exact) mass is 435 g/mol. The van der Waals surface area contributed by atoms with Gasteiger partial charge in [0.1, 0.15) is 0 Å². The third-order valence-corrected chi connectivity index (χ3v) is 12.5. The van der Waals surface area contributed by atoms with E-state index in [9.17, 15) is 14.4 Å². The van der Waals surface area contributed by atoms with E-state index in [2.05, 4.69) is 0 Å². The zero-order valence-electron chi connectivity index (χ0n) is 17.6. The Morgan fingerprint density at radius 2 is 1.62 bits per heavy atom. The quantitative estimate of drug-likeness (QED) is 0.393. The minimum atomic E-state index is -3.48. The van der Waals surface area contributed by atoms with Gasteiger partial charge in [0, 0.05) is 22.0 Å². The summed E-state index contributed by atoms with van der Waals surface area (Å²) in [5.41, 5.74) is 0.227. The number of imide groups is 1. The Hall–Kier alpha value is -2.06. The van der Waals surface area contributed by atoms with Crippen molar-refractivity contribution in [3.05, 3.63) is 29.8 Å². The predicted octanol–water partition coefficient (Wildman–Crippen LogP) is 4.84. The highest BCUT2D eigenvalue weighted by atomic mass is 32.1. The molecule has 5 nitrogen and oxygen atoms in total. The molecule has 3 rings (SSSR count). The van der Waals surface area contributed by atoms with Crippen LogP contribution in [-0.4, -0.2) is 31.3 Å². The summed E-state index contributed by atoms with van der Waals surface area (Å²) in [6, 6.07) is 6.94. The molecule has 0 unspecified atom stereocenters. The third kappa shape index (κ3) is 3.52. The molecule has 0 aliphatic carbocycles. The van der Waals surface area contributed by atoms with E-state index in [1.165, 1.54) is 11.3 Å². The maximum Gasteiger partial charge on any atom is 0.365 e. The lowest BCUT2D eigenvalue weighted by atomic mass is 10.2. The van der Waals surface area contributed by atoms with Crippen molar-refractivity contribution in [2.45, 2.75) is 64.5 Å². The van der Waals surface area contributed by atoms with Gasteiger partial charge in [-0.3, -0.25) is 9.59 Å². The van der Waals surface area contributed by atoms with Crippen LogP contribution in [0.2, 0.25) is 10.1 Å². The molecule has 156 valence electrons. The van der Waals surface area contributed by atoms with Crippen molar-refractivity contribution >= 4 is 52.1 Å². The number of rotatable bonds is 3. The lowest BCUT2D eigenvalue weighted by Crippen LogP contribution is -2.56. The van der Waals surface area contributed by atoms with E-state index in [1.54, 1.807) is 12.1 Å². The number of thiophene rings is 1. The summed E-state index contributed by atoms with van der Waals surface area (Å²) in [4.78, 5) is 41.3. The molecule has 0 spiro atoms. The number of nitrogens with zero attached hydrogens (tertiary/aromatic N) is 1. The summed E-state index contributed by atoms with van der Waals surface area (Å²) in [7, 11) is -3.48. The van der Waals surface area contributed by atoms with Crippen LogP contribution in [0.4, 0.5) is 4.11 Å². The number of hydroxylamine groups is 2. The SMILES string of the molecule is CC(C)(C)[Si](F)(c1cc2cccc(C(=O)ON3C(=O)CCC3=O)c2s1)C(C)(C)C. The number of halogens is 1. The van der Waals surface area contributed by atoms with E-state index in [0.717, 1.165) is 5.39 Å². The fourth-order valence-corrected chi connectivity index (χ4v) is 11.7. The molecule has 1 saturated heterocycles. The fourth-order valence-electron chi connectivity index (χ4n) is 4.05. The molecule has 2 amide bonds. The van der Waals surface area contributed by atoms with E-state index in [4.69, 9.17) is 4.84 Å². The Labute approximate surface area is 175 Å². The van der Waals surface area contributed by atoms with Crippen LogP contribution in [0.5, 0.6) is 0 Å². The van der Waals surface area contributed by atoms with Crippen molar-refractivity contribution in [1.82, 2.24) is 5.06 Å². The van der Waals surface area contributed by atoms with Crippen molar-refractivity contribution in [2.24, 2.45) is 0 Å². The molecule has 0 radical (unpaired) electrons. The Morgan fingerprint density at radius 1 is 1.07 bits per heavy atom. The standard InChI is InChI=1S/C21H26FNO4SSi/c1-20(2,3)29(22,21(4,5)6)17-12-13-8-7-9-14(18(13)28-17)19(26)27-23-15(24)10-11-16(23)25/h7-9,12H,10-11H2,1-6H3. The molecule has 1 aliphatic rings. The van der Waals surface area contributed by atoms with E-state index in [1.807, 2.05) is 53.7 Å². The van der Waals surface area contributed by atoms with Crippen LogP contribution in [0.1, 0.15) is 64.7 Å². The van der Waals surface area contributed by atoms with Crippen molar-refractivity contribution in [3.63, 3.8) is 0 Å². The van der Waals surface area contributed by atoms with Gasteiger partial charge in [0.15, 0.2) is 0 Å². The number of fused-ring (bicyclic) bond motifs is 1. The molecule has 1 aromatic carbocycles. The summed E-state index contributed by atoms with van der Waals surface area (Å²) in [6.07, 6.45) is 0.0687. The van der Waals surface area contributed by atoms with E-state index in [-0.39, 0.29) is 18.4 Å². The molecule has 0 atom stereocenters. The Bertz CT molecular complexity index is 972. The maximum absolute atomic E-state index is 16.7. The molecule has 1 aliphatic heterocycles. The second-order valence-corrected chi connectivity index (χ2v) is 15.7. The average molecular weight is 436 g/mol. The van der Waals surface area contributed by atoms with Gasteiger partial charge in [-0.15, -0.1) is 16.4 Å². The van der Waals surface area contributed by atoms with Crippen LogP contribution in [0.25, 0.3) is 10.1 Å². The number of hydrogen-bond donors (Lipinski definition) is 0. The first kappa shape index (κ1) is 21.6. The van der Waals surface area contributed by atoms with Crippen LogP contribution in [0, 0.1) is 0 Å². The zero-order chi connectivity index (χ0) is 21.8. The molecular formula is C21H26FNO4SSi. The summed E-state index contributed by atoms with van der Waals surface area (Å²) in [5, 5.41) is 0.206. The van der Waals surface area contributed by atoms with Crippen molar-refractivity contribution < 1.29 is 23.3 Å². The van der Waals surface area contributed by atoms with Gasteiger partial charge in [-0.1, -0.05) is 53.7 Å². The van der Waals surface area contributed by atoms with Crippen LogP contribution in [-0.2, 0) is 14.4 Å². The van der Waals surface area contributed by atoms with Crippen LogP contribution in [0.3, 0.4) is 0 Å². The summed E-state index contributed by atoms with van der Waals surface area (Å²) < 4.78 is 17.9. The third-order valence-electron chi connectivity index (χ3n) is 5.35. The predicted molar refractivity (Wildman–Crippen MR) is 114 cm³/mol. The molecule has 0 saturated carbocycles. The van der Waals surface area contributed by atoms with Crippen molar-refractivity contribution in [1.29, 1.82) is 0 Å². The van der Waals surface area contributed by atoms with Gasteiger partial charge >= 0.3 is 5.97 Å². The molecule has 1 aromatic heterocycles. The summed E-state index contributed by atoms with van der Waals surface area (Å²) in [5.74, 6) is -1.85. The molecule has 8 heteroatoms. The lowest BCUT2D eigenvalue weighted by Gasteiger charge is -2.43. The molecule has 2 aromatic rings. The summed E-state index contributed by atoms with van der Waals surface area (Å²) >= 11 is 1.27. The van der Waals surface area contributed by atoms with Crippen LogP contribution < -0.4 is 4.50 Å².